The third kappa shape index (κ3) is 4.29. The lowest BCUT2D eigenvalue weighted by atomic mass is 10.1. The minimum Gasteiger partial charge on any atom is -0.324 e. The van der Waals surface area contributed by atoms with Gasteiger partial charge < -0.3 is 4.90 Å². The van der Waals surface area contributed by atoms with Crippen LogP contribution in [0.2, 0.25) is 0 Å². The summed E-state index contributed by atoms with van der Waals surface area (Å²) in [6.07, 6.45) is 11.4. The zero-order valence-corrected chi connectivity index (χ0v) is 14.5. The van der Waals surface area contributed by atoms with E-state index in [1.54, 1.807) is 12.5 Å². The van der Waals surface area contributed by atoms with Crippen LogP contribution in [-0.4, -0.2) is 14.9 Å². The predicted molar refractivity (Wildman–Crippen MR) is 102 cm³/mol. The highest BCUT2D eigenvalue weighted by Gasteiger charge is 2.09. The maximum atomic E-state index is 4.26. The number of nitrogens with zero attached hydrogens (tertiary/aromatic N) is 3. The Morgan fingerprint density at radius 2 is 1.88 bits per heavy atom. The first kappa shape index (κ1) is 17.4. The van der Waals surface area contributed by atoms with Gasteiger partial charge in [0.05, 0.1) is 5.69 Å². The third-order valence-corrected chi connectivity index (χ3v) is 3.51. The van der Waals surface area contributed by atoms with Gasteiger partial charge in [0.2, 0.25) is 0 Å². The summed E-state index contributed by atoms with van der Waals surface area (Å²) in [6.45, 7) is 10.2. The molecule has 2 heterocycles. The Kier molecular flexibility index (Phi) is 6.26. The summed E-state index contributed by atoms with van der Waals surface area (Å²) in [5, 5.41) is 0. The zero-order chi connectivity index (χ0) is 17.4. The Balaban J connectivity index is 0.00000100. The van der Waals surface area contributed by atoms with E-state index in [9.17, 15) is 0 Å². The highest BCUT2D eigenvalue weighted by Crippen LogP contribution is 2.24. The van der Waals surface area contributed by atoms with Crippen LogP contribution in [0.25, 0.3) is 11.1 Å². The van der Waals surface area contributed by atoms with E-state index >= 15 is 0 Å². The van der Waals surface area contributed by atoms with Crippen LogP contribution in [0.4, 0.5) is 0 Å². The van der Waals surface area contributed by atoms with Crippen molar-refractivity contribution in [1.29, 1.82) is 0 Å². The average Bonchev–Trinajstić information content (AvgIpc) is 2.66. The van der Waals surface area contributed by atoms with Gasteiger partial charge in [0.25, 0.3) is 0 Å². The van der Waals surface area contributed by atoms with E-state index in [1.807, 2.05) is 61.4 Å². The number of aromatic nitrogens is 2. The maximum absolute atomic E-state index is 4.26. The van der Waals surface area contributed by atoms with Gasteiger partial charge in [-0.05, 0) is 36.3 Å². The molecule has 0 N–H and O–H groups in total. The van der Waals surface area contributed by atoms with Gasteiger partial charge in [0, 0.05) is 29.9 Å². The lowest BCUT2D eigenvalue weighted by molar-refractivity contribution is 0.651. The molecule has 0 radical (unpaired) electrons. The number of rotatable bonds is 3. The van der Waals surface area contributed by atoms with Crippen molar-refractivity contribution in [3.8, 4) is 0 Å². The first-order valence-corrected chi connectivity index (χ1v) is 8.11. The molecule has 0 unspecified atom stereocenters. The summed E-state index contributed by atoms with van der Waals surface area (Å²) in [7, 11) is 0. The molecule has 3 rings (SSSR count). The molecule has 1 aromatic heterocycles. The molecule has 2 aromatic rings. The predicted octanol–water partition coefficient (Wildman–Crippen LogP) is 5.29. The normalized spacial score (nSPS) is 14.0. The zero-order valence-electron chi connectivity index (χ0n) is 14.5. The van der Waals surface area contributed by atoms with E-state index in [4.69, 9.17) is 0 Å². The maximum Gasteiger partial charge on any atom is 0.116 e. The first-order valence-electron chi connectivity index (χ1n) is 8.11. The summed E-state index contributed by atoms with van der Waals surface area (Å²) in [5.41, 5.74) is 5.23. The van der Waals surface area contributed by atoms with Crippen molar-refractivity contribution in [1.82, 2.24) is 14.9 Å². The topological polar surface area (TPSA) is 29.0 Å². The third-order valence-electron chi connectivity index (χ3n) is 3.51. The molecule has 0 fully saturated rings. The minimum absolute atomic E-state index is 0.899. The second kappa shape index (κ2) is 8.63. The summed E-state index contributed by atoms with van der Waals surface area (Å²) in [4.78, 5) is 10.2. The summed E-state index contributed by atoms with van der Waals surface area (Å²) in [6, 6.07) is 12.2. The number of hydrogen-bond acceptors (Lipinski definition) is 3. The highest BCUT2D eigenvalue weighted by atomic mass is 15.1. The largest absolute Gasteiger partial charge is 0.324 e. The molecule has 0 saturated carbocycles. The monoisotopic (exact) mass is 317 g/mol. The fraction of sp³-hybridized carbons (Fsp3) is 0.143. The van der Waals surface area contributed by atoms with Gasteiger partial charge in [-0.2, -0.15) is 0 Å². The molecular weight excluding hydrogens is 294 g/mol. The van der Waals surface area contributed by atoms with Crippen molar-refractivity contribution in [3.05, 3.63) is 97.0 Å². The minimum atomic E-state index is 0.899. The van der Waals surface area contributed by atoms with Crippen molar-refractivity contribution in [2.24, 2.45) is 0 Å². The van der Waals surface area contributed by atoms with Gasteiger partial charge in [0.15, 0.2) is 0 Å². The molecule has 0 aliphatic carbocycles. The molecule has 1 aliphatic rings. The lowest BCUT2D eigenvalue weighted by Crippen LogP contribution is -2.11. The van der Waals surface area contributed by atoms with Crippen LogP contribution in [0.1, 0.15) is 32.0 Å². The van der Waals surface area contributed by atoms with Crippen molar-refractivity contribution < 1.29 is 0 Å². The number of benzene rings is 1. The molecule has 24 heavy (non-hydrogen) atoms. The standard InChI is InChI=1S/C19H17N3.C2H6/c1-15(17-6-4-3-5-7-17)13-22-11-9-18(12-16(22)2)19-8-10-20-14-21-19;1-2/h3-14H,2H2,1H3;1-2H3/b15-13+;. The Bertz CT molecular complexity index is 756. The van der Waals surface area contributed by atoms with Crippen molar-refractivity contribution in [2.45, 2.75) is 20.8 Å². The molecule has 1 aromatic carbocycles. The second-order valence-electron chi connectivity index (χ2n) is 5.09. The van der Waals surface area contributed by atoms with Crippen molar-refractivity contribution in [2.75, 3.05) is 0 Å². The van der Waals surface area contributed by atoms with E-state index in [0.717, 1.165) is 17.0 Å². The van der Waals surface area contributed by atoms with Crippen LogP contribution < -0.4 is 0 Å². The molecule has 122 valence electrons. The smallest absolute Gasteiger partial charge is 0.116 e. The molecule has 0 bridgehead atoms. The van der Waals surface area contributed by atoms with Gasteiger partial charge >= 0.3 is 0 Å². The van der Waals surface area contributed by atoms with E-state index in [0.29, 0.717) is 0 Å². The lowest BCUT2D eigenvalue weighted by Gasteiger charge is -2.22. The molecular formula is C21H23N3. The fourth-order valence-corrected chi connectivity index (χ4v) is 2.29. The van der Waals surface area contributed by atoms with E-state index in [2.05, 4.69) is 41.8 Å². The SMILES string of the molecule is C=C1C=C(c2ccncn2)C=CN1/C=C(\C)c1ccccc1.CC. The Hall–Kier alpha value is -2.94. The molecule has 3 heteroatoms. The van der Waals surface area contributed by atoms with Crippen LogP contribution in [0.3, 0.4) is 0 Å². The summed E-state index contributed by atoms with van der Waals surface area (Å²) in [5.74, 6) is 0. The van der Waals surface area contributed by atoms with Crippen LogP contribution in [0.5, 0.6) is 0 Å². The van der Waals surface area contributed by atoms with Crippen LogP contribution in [-0.2, 0) is 0 Å². The Morgan fingerprint density at radius 1 is 1.12 bits per heavy atom. The second-order valence-corrected chi connectivity index (χ2v) is 5.09. The number of allylic oxidation sites excluding steroid dienone is 4. The van der Waals surface area contributed by atoms with Crippen molar-refractivity contribution >= 4 is 11.1 Å². The molecule has 3 nitrogen and oxygen atoms in total. The first-order chi connectivity index (χ1) is 11.7. The summed E-state index contributed by atoms with van der Waals surface area (Å²) < 4.78 is 0. The van der Waals surface area contributed by atoms with Gasteiger partial charge in [-0.15, -0.1) is 0 Å². The van der Waals surface area contributed by atoms with E-state index in [1.165, 1.54) is 11.1 Å². The fourth-order valence-electron chi connectivity index (χ4n) is 2.29. The van der Waals surface area contributed by atoms with Gasteiger partial charge in [-0.1, -0.05) is 50.8 Å². The molecule has 0 spiro atoms. The quantitative estimate of drug-likeness (QED) is 0.770. The average molecular weight is 317 g/mol. The number of hydrogen-bond donors (Lipinski definition) is 0. The van der Waals surface area contributed by atoms with Crippen molar-refractivity contribution in [3.63, 3.8) is 0 Å². The summed E-state index contributed by atoms with van der Waals surface area (Å²) >= 11 is 0. The van der Waals surface area contributed by atoms with Gasteiger partial charge in [-0.3, -0.25) is 0 Å². The highest BCUT2D eigenvalue weighted by molar-refractivity contribution is 5.75. The molecule has 0 saturated heterocycles. The van der Waals surface area contributed by atoms with Crippen LogP contribution in [0.15, 0.2) is 85.8 Å². The molecule has 0 atom stereocenters. The molecule has 1 aliphatic heterocycles. The molecule has 0 amide bonds. The van der Waals surface area contributed by atoms with E-state index < -0.39 is 0 Å². The van der Waals surface area contributed by atoms with Crippen LogP contribution in [0, 0.1) is 0 Å². The van der Waals surface area contributed by atoms with Crippen LogP contribution >= 0.6 is 0 Å². The van der Waals surface area contributed by atoms with Gasteiger partial charge in [-0.25, -0.2) is 9.97 Å². The Labute approximate surface area is 144 Å². The van der Waals surface area contributed by atoms with E-state index in [-0.39, 0.29) is 0 Å². The van der Waals surface area contributed by atoms with Gasteiger partial charge in [0.1, 0.15) is 6.33 Å². The Morgan fingerprint density at radius 3 is 2.50 bits per heavy atom.